The Bertz CT molecular complexity index is 1110. The summed E-state index contributed by atoms with van der Waals surface area (Å²) >= 11 is 12.3. The first-order valence-corrected chi connectivity index (χ1v) is 14.5. The van der Waals surface area contributed by atoms with Crippen LogP contribution in [0.4, 0.5) is 10.5 Å². The molecule has 3 aromatic rings. The number of amides is 2. The van der Waals surface area contributed by atoms with Gasteiger partial charge in [0.15, 0.2) is 0 Å². The summed E-state index contributed by atoms with van der Waals surface area (Å²) in [6, 6.07) is 22.8. The van der Waals surface area contributed by atoms with Crippen LogP contribution >= 0.6 is 44.8 Å². The van der Waals surface area contributed by atoms with Crippen molar-refractivity contribution in [1.29, 1.82) is 0 Å². The van der Waals surface area contributed by atoms with Gasteiger partial charge in [0, 0.05) is 74.2 Å². The molecule has 0 saturated heterocycles. The van der Waals surface area contributed by atoms with Crippen LogP contribution in [0.2, 0.25) is 10.0 Å². The molecule has 2 N–H and O–H groups in total. The largest absolute Gasteiger partial charge is 0.667 e. The normalized spacial score (nSPS) is 9.97. The Hall–Kier alpha value is -1.26. The number of anilines is 1. The number of rotatable bonds is 12. The van der Waals surface area contributed by atoms with E-state index in [1.54, 1.807) is 71.2 Å². The molecule has 0 aromatic heterocycles. The molecule has 201 valence electrons. The van der Waals surface area contributed by atoms with Crippen LogP contribution in [-0.4, -0.2) is 43.8 Å². The van der Waals surface area contributed by atoms with E-state index in [0.717, 1.165) is 34.8 Å². The van der Waals surface area contributed by atoms with E-state index in [9.17, 15) is 9.59 Å². The quantitative estimate of drug-likeness (QED) is 0.121. The molecule has 0 unspecified atom stereocenters. The molecular formula is C27H28Cl2N2O4S2Y-2. The van der Waals surface area contributed by atoms with Gasteiger partial charge in [-0.25, -0.2) is 4.79 Å². The van der Waals surface area contributed by atoms with Crippen LogP contribution in [0.1, 0.15) is 16.7 Å². The Balaban J connectivity index is 0.000000371. The molecule has 0 bridgehead atoms. The molecular weight excluding hydrogens is 640 g/mol. The molecule has 38 heavy (non-hydrogen) atoms. The molecule has 11 heteroatoms. The first kappa shape index (κ1) is 34.8. The van der Waals surface area contributed by atoms with Crippen LogP contribution in [0.25, 0.3) is 5.73 Å². The summed E-state index contributed by atoms with van der Waals surface area (Å²) in [5.74, 6) is 1.11. The molecule has 0 atom stereocenters. The SMILES string of the molecule is COCCSSCCOC(=O)Nc1cc[c-]cc1.[NH-]C(=O)Cc1ccccc1Cc1c(Cl)cccc1Cl.[Y]. The van der Waals surface area contributed by atoms with Crippen molar-refractivity contribution < 1.29 is 51.8 Å². The van der Waals surface area contributed by atoms with Crippen LogP contribution in [0.15, 0.2) is 66.7 Å². The third-order valence-corrected chi connectivity index (χ3v) is 7.76. The van der Waals surface area contributed by atoms with Crippen LogP contribution < -0.4 is 5.32 Å². The average Bonchev–Trinajstić information content (AvgIpc) is 2.87. The first-order valence-electron chi connectivity index (χ1n) is 11.3. The molecule has 0 fully saturated rings. The van der Waals surface area contributed by atoms with E-state index >= 15 is 0 Å². The van der Waals surface area contributed by atoms with Gasteiger partial charge in [-0.2, -0.15) is 18.2 Å². The smallest absolute Gasteiger partial charge is 0.409 e. The van der Waals surface area contributed by atoms with E-state index in [4.69, 9.17) is 38.4 Å². The minimum absolute atomic E-state index is 0. The summed E-state index contributed by atoms with van der Waals surface area (Å²) in [5, 5.41) is 3.86. The van der Waals surface area contributed by atoms with Gasteiger partial charge in [-0.05, 0) is 28.8 Å². The molecule has 0 saturated carbocycles. The van der Waals surface area contributed by atoms with Crippen molar-refractivity contribution in [2.24, 2.45) is 0 Å². The van der Waals surface area contributed by atoms with Gasteiger partial charge in [0.1, 0.15) is 6.61 Å². The molecule has 0 aliphatic carbocycles. The zero-order valence-corrected chi connectivity index (χ0v) is 26.9. The third kappa shape index (κ3) is 14.2. The fourth-order valence-electron chi connectivity index (χ4n) is 2.99. The number of benzene rings is 3. The zero-order valence-electron chi connectivity index (χ0n) is 20.9. The second kappa shape index (κ2) is 20.6. The number of methoxy groups -OCH3 is 1. The Morgan fingerprint density at radius 1 is 0.921 bits per heavy atom. The maximum atomic E-state index is 11.4. The summed E-state index contributed by atoms with van der Waals surface area (Å²) in [4.78, 5) is 22.3. The van der Waals surface area contributed by atoms with Gasteiger partial charge in [0.25, 0.3) is 0 Å². The summed E-state index contributed by atoms with van der Waals surface area (Å²) in [6.45, 7) is 1.14. The van der Waals surface area contributed by atoms with Gasteiger partial charge in [-0.15, -0.1) is 12.1 Å². The number of hydrogen-bond donors (Lipinski definition) is 1. The van der Waals surface area contributed by atoms with E-state index in [2.05, 4.69) is 11.4 Å². The van der Waals surface area contributed by atoms with Crippen molar-refractivity contribution in [3.63, 3.8) is 0 Å². The topological polar surface area (TPSA) is 88.4 Å². The molecule has 0 spiro atoms. The first-order chi connectivity index (χ1) is 17.9. The number of carbonyl (C=O) groups excluding carboxylic acids is 2. The van der Waals surface area contributed by atoms with Gasteiger partial charge < -0.3 is 25.3 Å². The summed E-state index contributed by atoms with van der Waals surface area (Å²) in [5.41, 5.74) is 10.5. The summed E-state index contributed by atoms with van der Waals surface area (Å²) in [7, 11) is 5.06. The number of carbonyl (C=O) groups is 2. The van der Waals surface area contributed by atoms with Crippen molar-refractivity contribution >= 4 is 62.5 Å². The van der Waals surface area contributed by atoms with Gasteiger partial charge in [0.05, 0.1) is 12.5 Å². The van der Waals surface area contributed by atoms with E-state index in [-0.39, 0.29) is 39.1 Å². The molecule has 3 rings (SSSR count). The predicted octanol–water partition coefficient (Wildman–Crippen LogP) is 7.77. The number of ether oxygens (including phenoxy) is 2. The second-order valence-electron chi connectivity index (χ2n) is 7.43. The maximum Gasteiger partial charge on any atom is 0.409 e. The maximum absolute atomic E-state index is 11.4. The van der Waals surface area contributed by atoms with Crippen molar-refractivity contribution in [3.8, 4) is 0 Å². The fourth-order valence-corrected chi connectivity index (χ4v) is 5.26. The minimum Gasteiger partial charge on any atom is -0.667 e. The van der Waals surface area contributed by atoms with Crippen molar-refractivity contribution in [2.75, 3.05) is 37.1 Å². The molecule has 3 aromatic carbocycles. The van der Waals surface area contributed by atoms with E-state index in [1.807, 2.05) is 24.3 Å². The second-order valence-corrected chi connectivity index (χ2v) is 10.9. The van der Waals surface area contributed by atoms with Crippen molar-refractivity contribution in [3.05, 3.63) is 105 Å². The van der Waals surface area contributed by atoms with Crippen molar-refractivity contribution in [2.45, 2.75) is 12.8 Å². The predicted molar refractivity (Wildman–Crippen MR) is 156 cm³/mol. The summed E-state index contributed by atoms with van der Waals surface area (Å²) in [6.07, 6.45) is 0.240. The average molecular weight is 668 g/mol. The van der Waals surface area contributed by atoms with E-state index in [0.29, 0.717) is 28.8 Å². The number of halogens is 2. The molecule has 0 aliphatic heterocycles. The van der Waals surface area contributed by atoms with Crippen LogP contribution in [0.5, 0.6) is 0 Å². The van der Waals surface area contributed by atoms with Gasteiger partial charge in [0.2, 0.25) is 0 Å². The molecule has 1 radical (unpaired) electrons. The summed E-state index contributed by atoms with van der Waals surface area (Å²) < 4.78 is 9.95. The van der Waals surface area contributed by atoms with Crippen molar-refractivity contribution in [1.82, 2.24) is 0 Å². The Kier molecular flexibility index (Phi) is 18.9. The fraction of sp³-hybridized carbons (Fsp3) is 0.259. The Labute approximate surface area is 267 Å². The van der Waals surface area contributed by atoms with Crippen LogP contribution in [0.3, 0.4) is 0 Å². The Morgan fingerprint density at radius 3 is 2.13 bits per heavy atom. The minimum atomic E-state index is -0.599. The standard InChI is InChI=1S/C15H13Cl2NO.C12H16NO3S2.Y/c16-13-6-3-7-14(17)12(13)8-10-4-1-2-5-11(10)9-15(18)19;1-15-7-9-17-18-10-8-16-12(14)13-11-5-3-2-4-6-11;/h1-7H,8-9H2,(H2,18,19);3-6H,7-10H2,1H3,(H,13,14);/q;-1;/p-1. The van der Waals surface area contributed by atoms with Gasteiger partial charge >= 0.3 is 6.09 Å². The number of hydrogen-bond acceptors (Lipinski definition) is 6. The van der Waals surface area contributed by atoms with Crippen LogP contribution in [-0.2, 0) is 59.8 Å². The van der Waals surface area contributed by atoms with Crippen LogP contribution in [0, 0.1) is 6.07 Å². The Morgan fingerprint density at radius 2 is 1.53 bits per heavy atom. The zero-order chi connectivity index (χ0) is 26.9. The van der Waals surface area contributed by atoms with E-state index < -0.39 is 12.0 Å². The molecule has 0 aliphatic rings. The number of nitrogens with one attached hydrogen (secondary N) is 2. The molecule has 6 nitrogen and oxygen atoms in total. The molecule has 0 heterocycles. The monoisotopic (exact) mass is 667 g/mol. The van der Waals surface area contributed by atoms with Gasteiger partial charge in [-0.3, -0.25) is 0 Å². The molecule has 2 amide bonds. The third-order valence-electron chi connectivity index (χ3n) is 4.72. The van der Waals surface area contributed by atoms with Gasteiger partial charge in [-0.1, -0.05) is 80.8 Å². The van der Waals surface area contributed by atoms with E-state index in [1.165, 1.54) is 0 Å².